The van der Waals surface area contributed by atoms with Crippen LogP contribution < -0.4 is 5.73 Å². The summed E-state index contributed by atoms with van der Waals surface area (Å²) in [5.41, 5.74) is 8.55. The zero-order valence-corrected chi connectivity index (χ0v) is 11.9. The highest BCUT2D eigenvalue weighted by molar-refractivity contribution is 5.67. The normalized spacial score (nSPS) is 14.1. The van der Waals surface area contributed by atoms with Gasteiger partial charge in [0.1, 0.15) is 0 Å². The second-order valence-electron chi connectivity index (χ2n) is 5.52. The molecule has 0 amide bonds. The smallest absolute Gasteiger partial charge is 0.304 e. The summed E-state index contributed by atoms with van der Waals surface area (Å²) >= 11 is 0. The van der Waals surface area contributed by atoms with Gasteiger partial charge in [0.15, 0.2) is 0 Å². The summed E-state index contributed by atoms with van der Waals surface area (Å²) in [6.07, 6.45) is 4.18. The van der Waals surface area contributed by atoms with Gasteiger partial charge in [-0.05, 0) is 43.2 Å². The van der Waals surface area contributed by atoms with Gasteiger partial charge in [-0.15, -0.1) is 0 Å². The molecule has 3 nitrogen and oxygen atoms in total. The molecular formula is C16H25NO2. The van der Waals surface area contributed by atoms with Crippen LogP contribution in [0.4, 0.5) is 0 Å². The first-order valence-electron chi connectivity index (χ1n) is 7.01. The lowest BCUT2D eigenvalue weighted by molar-refractivity contribution is -0.137. The maximum absolute atomic E-state index is 10.5. The van der Waals surface area contributed by atoms with E-state index in [9.17, 15) is 4.79 Å². The molecule has 0 heterocycles. The van der Waals surface area contributed by atoms with Crippen molar-refractivity contribution in [2.45, 2.75) is 52.0 Å². The molecule has 19 heavy (non-hydrogen) atoms. The second kappa shape index (κ2) is 7.95. The zero-order chi connectivity index (χ0) is 14.3. The van der Waals surface area contributed by atoms with Crippen LogP contribution in [-0.4, -0.2) is 17.1 Å². The standard InChI is InChI=1S/C16H25NO2/c1-12(10-15(17)11-16(18)19)6-5-9-14-8-4-3-7-13(14)2/h3-4,7-8,12,15H,5-6,9-11,17H2,1-2H3,(H,18,19). The molecule has 3 heteroatoms. The van der Waals surface area contributed by atoms with Gasteiger partial charge in [0.05, 0.1) is 6.42 Å². The minimum Gasteiger partial charge on any atom is -0.481 e. The fraction of sp³-hybridized carbons (Fsp3) is 0.562. The van der Waals surface area contributed by atoms with Crippen LogP contribution in [0.2, 0.25) is 0 Å². The Hall–Kier alpha value is -1.35. The van der Waals surface area contributed by atoms with E-state index >= 15 is 0 Å². The minimum absolute atomic E-state index is 0.0716. The molecule has 0 aliphatic carbocycles. The third-order valence-electron chi connectivity index (χ3n) is 3.55. The molecule has 1 rings (SSSR count). The quantitative estimate of drug-likeness (QED) is 0.757. The molecule has 0 radical (unpaired) electrons. The van der Waals surface area contributed by atoms with Gasteiger partial charge in [0.2, 0.25) is 0 Å². The van der Waals surface area contributed by atoms with Crippen LogP contribution in [0.5, 0.6) is 0 Å². The van der Waals surface area contributed by atoms with Crippen molar-refractivity contribution in [2.24, 2.45) is 11.7 Å². The Morgan fingerprint density at radius 1 is 1.37 bits per heavy atom. The van der Waals surface area contributed by atoms with Gasteiger partial charge in [-0.25, -0.2) is 0 Å². The minimum atomic E-state index is -0.806. The molecule has 0 aromatic heterocycles. The Labute approximate surface area is 115 Å². The highest BCUT2D eigenvalue weighted by atomic mass is 16.4. The Bertz CT molecular complexity index is 403. The number of rotatable bonds is 8. The Morgan fingerprint density at radius 3 is 2.68 bits per heavy atom. The van der Waals surface area contributed by atoms with E-state index in [2.05, 4.69) is 38.1 Å². The van der Waals surface area contributed by atoms with Gasteiger partial charge in [-0.2, -0.15) is 0 Å². The van der Waals surface area contributed by atoms with Gasteiger partial charge < -0.3 is 10.8 Å². The lowest BCUT2D eigenvalue weighted by Gasteiger charge is -2.16. The van der Waals surface area contributed by atoms with Crippen molar-refractivity contribution in [3.8, 4) is 0 Å². The van der Waals surface area contributed by atoms with Crippen LogP contribution in [0.15, 0.2) is 24.3 Å². The zero-order valence-electron chi connectivity index (χ0n) is 11.9. The molecule has 1 aromatic rings. The van der Waals surface area contributed by atoms with E-state index < -0.39 is 5.97 Å². The molecule has 0 saturated heterocycles. The second-order valence-corrected chi connectivity index (χ2v) is 5.52. The molecule has 1 aromatic carbocycles. The van der Waals surface area contributed by atoms with E-state index in [1.165, 1.54) is 11.1 Å². The predicted octanol–water partition coefficient (Wildman–Crippen LogP) is 3.15. The fourth-order valence-corrected chi connectivity index (χ4v) is 2.47. The highest BCUT2D eigenvalue weighted by Crippen LogP contribution is 2.17. The number of hydrogen-bond acceptors (Lipinski definition) is 2. The van der Waals surface area contributed by atoms with Gasteiger partial charge in [0.25, 0.3) is 0 Å². The fourth-order valence-electron chi connectivity index (χ4n) is 2.47. The van der Waals surface area contributed by atoms with Crippen molar-refractivity contribution in [1.29, 1.82) is 0 Å². The molecule has 106 valence electrons. The average Bonchev–Trinajstić information content (AvgIpc) is 2.30. The van der Waals surface area contributed by atoms with E-state index in [-0.39, 0.29) is 12.5 Å². The molecule has 0 aliphatic rings. The summed E-state index contributed by atoms with van der Waals surface area (Å²) in [6, 6.07) is 8.24. The van der Waals surface area contributed by atoms with Crippen molar-refractivity contribution in [1.82, 2.24) is 0 Å². The number of nitrogens with two attached hydrogens (primary N) is 1. The SMILES string of the molecule is Cc1ccccc1CCCC(C)CC(N)CC(=O)O. The monoisotopic (exact) mass is 263 g/mol. The van der Waals surface area contributed by atoms with Crippen LogP contribution in [0, 0.1) is 12.8 Å². The predicted molar refractivity (Wildman–Crippen MR) is 78.1 cm³/mol. The topological polar surface area (TPSA) is 63.3 Å². The highest BCUT2D eigenvalue weighted by Gasteiger charge is 2.12. The van der Waals surface area contributed by atoms with Crippen molar-refractivity contribution in [2.75, 3.05) is 0 Å². The maximum Gasteiger partial charge on any atom is 0.304 e. The summed E-state index contributed by atoms with van der Waals surface area (Å²) in [5.74, 6) is -0.321. The van der Waals surface area contributed by atoms with Crippen molar-refractivity contribution < 1.29 is 9.90 Å². The number of benzene rings is 1. The van der Waals surface area contributed by atoms with E-state index in [1.807, 2.05) is 0 Å². The lowest BCUT2D eigenvalue weighted by Crippen LogP contribution is -2.26. The maximum atomic E-state index is 10.5. The Morgan fingerprint density at radius 2 is 2.05 bits per heavy atom. The number of aryl methyl sites for hydroxylation is 2. The number of aliphatic carboxylic acids is 1. The lowest BCUT2D eigenvalue weighted by atomic mass is 9.93. The molecule has 3 N–H and O–H groups in total. The van der Waals surface area contributed by atoms with Crippen LogP contribution in [0.1, 0.15) is 43.7 Å². The molecule has 0 spiro atoms. The Balaban J connectivity index is 2.25. The first-order chi connectivity index (χ1) is 8.99. The third-order valence-corrected chi connectivity index (χ3v) is 3.55. The Kier molecular flexibility index (Phi) is 6.57. The van der Waals surface area contributed by atoms with Gasteiger partial charge in [-0.1, -0.05) is 37.6 Å². The van der Waals surface area contributed by atoms with E-state index in [0.717, 1.165) is 25.7 Å². The number of carboxylic acids is 1. The summed E-state index contributed by atoms with van der Waals surface area (Å²) in [4.78, 5) is 10.5. The van der Waals surface area contributed by atoms with Crippen LogP contribution in [0.3, 0.4) is 0 Å². The first-order valence-corrected chi connectivity index (χ1v) is 7.01. The van der Waals surface area contributed by atoms with Gasteiger partial charge in [-0.3, -0.25) is 4.79 Å². The van der Waals surface area contributed by atoms with E-state index in [1.54, 1.807) is 0 Å². The van der Waals surface area contributed by atoms with Crippen molar-refractivity contribution >= 4 is 5.97 Å². The van der Waals surface area contributed by atoms with Gasteiger partial charge in [0, 0.05) is 6.04 Å². The molecule has 0 saturated carbocycles. The van der Waals surface area contributed by atoms with Crippen molar-refractivity contribution in [3.63, 3.8) is 0 Å². The first kappa shape index (κ1) is 15.7. The molecule has 2 atom stereocenters. The van der Waals surface area contributed by atoms with Gasteiger partial charge >= 0.3 is 5.97 Å². The van der Waals surface area contributed by atoms with E-state index in [0.29, 0.717) is 5.92 Å². The van der Waals surface area contributed by atoms with Crippen LogP contribution in [-0.2, 0) is 11.2 Å². The summed E-state index contributed by atoms with van der Waals surface area (Å²) in [5, 5.41) is 8.67. The molecule has 0 aliphatic heterocycles. The number of carbonyl (C=O) groups is 1. The number of carboxylic acid groups (broad SMARTS) is 1. The number of hydrogen-bond donors (Lipinski definition) is 2. The molecule has 0 fully saturated rings. The van der Waals surface area contributed by atoms with Crippen LogP contribution in [0.25, 0.3) is 0 Å². The third kappa shape index (κ3) is 6.39. The average molecular weight is 263 g/mol. The van der Waals surface area contributed by atoms with Crippen LogP contribution >= 0.6 is 0 Å². The molecular weight excluding hydrogens is 238 g/mol. The summed E-state index contributed by atoms with van der Waals surface area (Å²) in [7, 11) is 0. The summed E-state index contributed by atoms with van der Waals surface area (Å²) < 4.78 is 0. The molecule has 0 bridgehead atoms. The molecule has 2 unspecified atom stereocenters. The van der Waals surface area contributed by atoms with Crippen molar-refractivity contribution in [3.05, 3.63) is 35.4 Å². The largest absolute Gasteiger partial charge is 0.481 e. The summed E-state index contributed by atoms with van der Waals surface area (Å²) in [6.45, 7) is 4.29. The van der Waals surface area contributed by atoms with E-state index in [4.69, 9.17) is 10.8 Å².